The minimum Gasteiger partial charge on any atom is -0.381 e. The summed E-state index contributed by atoms with van der Waals surface area (Å²) in [6.07, 6.45) is 5.38. The van der Waals surface area contributed by atoms with Crippen LogP contribution in [0.2, 0.25) is 0 Å². The van der Waals surface area contributed by atoms with Crippen LogP contribution in [0.15, 0.2) is 0 Å². The maximum absolute atomic E-state index is 6.18. The minimum absolute atomic E-state index is 0.0195. The van der Waals surface area contributed by atoms with Gasteiger partial charge in [0.15, 0.2) is 0 Å². The third-order valence-corrected chi connectivity index (χ3v) is 5.67. The van der Waals surface area contributed by atoms with Crippen molar-refractivity contribution in [1.82, 2.24) is 10.6 Å². The van der Waals surface area contributed by atoms with Gasteiger partial charge in [0.1, 0.15) is 0 Å². The molecule has 0 unspecified atom stereocenters. The fourth-order valence-corrected chi connectivity index (χ4v) is 4.89. The van der Waals surface area contributed by atoms with E-state index in [0.29, 0.717) is 25.9 Å². The lowest BCUT2D eigenvalue weighted by molar-refractivity contribution is -0.0291. The zero-order valence-electron chi connectivity index (χ0n) is 22.7. The van der Waals surface area contributed by atoms with Crippen molar-refractivity contribution in [2.75, 3.05) is 46.2 Å². The molecule has 0 spiro atoms. The van der Waals surface area contributed by atoms with Crippen LogP contribution in [0.5, 0.6) is 0 Å². The van der Waals surface area contributed by atoms with Crippen molar-refractivity contribution in [2.24, 2.45) is 0 Å². The van der Waals surface area contributed by atoms with Crippen LogP contribution in [0.25, 0.3) is 0 Å². The summed E-state index contributed by atoms with van der Waals surface area (Å²) in [5.41, 5.74) is 0.138. The van der Waals surface area contributed by atoms with Crippen LogP contribution in [0.1, 0.15) is 94.4 Å². The Labute approximate surface area is 198 Å². The quantitative estimate of drug-likeness (QED) is 0.308. The van der Waals surface area contributed by atoms with Crippen LogP contribution in [-0.4, -0.2) is 74.5 Å². The molecule has 1 aliphatic heterocycles. The fraction of sp³-hybridized carbons (Fsp3) is 1.00. The zero-order chi connectivity index (χ0) is 24.3. The molecule has 1 rings (SSSR count). The molecular weight excluding hydrogens is 404 g/mol. The van der Waals surface area contributed by atoms with E-state index >= 15 is 0 Å². The topological polar surface area (TPSA) is 61.0 Å². The standard InChI is InChI=1S/C26H54N2O4/c1-10-13-29-17-18-31-21-26(8,9)27-23(2,3)12-16-30-14-11-15-32-22-19-24(4,5)28-25(6,7)20-22/h22,27-28H,10-21H2,1-9H3. The first kappa shape index (κ1) is 29.8. The third-order valence-electron chi connectivity index (χ3n) is 5.67. The van der Waals surface area contributed by atoms with Gasteiger partial charge < -0.3 is 29.6 Å². The normalized spacial score (nSPS) is 19.4. The molecule has 192 valence electrons. The second-order valence-corrected chi connectivity index (χ2v) is 12.1. The van der Waals surface area contributed by atoms with Gasteiger partial charge in [0, 0.05) is 48.6 Å². The SMILES string of the molecule is CCCOCCOCC(C)(C)NC(C)(C)CCOCCCOC1CC(C)(C)NC(C)(C)C1. The molecule has 0 aromatic carbocycles. The minimum atomic E-state index is -0.0987. The highest BCUT2D eigenvalue weighted by Crippen LogP contribution is 2.30. The average molecular weight is 459 g/mol. The van der Waals surface area contributed by atoms with Crippen molar-refractivity contribution in [2.45, 2.75) is 123 Å². The predicted molar refractivity (Wildman–Crippen MR) is 134 cm³/mol. The first-order valence-corrected chi connectivity index (χ1v) is 12.7. The number of hydrogen-bond donors (Lipinski definition) is 2. The van der Waals surface area contributed by atoms with Crippen molar-refractivity contribution in [3.63, 3.8) is 0 Å². The highest BCUT2D eigenvalue weighted by Gasteiger charge is 2.38. The molecule has 6 heteroatoms. The molecule has 32 heavy (non-hydrogen) atoms. The van der Waals surface area contributed by atoms with Crippen LogP contribution in [-0.2, 0) is 18.9 Å². The summed E-state index contributed by atoms with van der Waals surface area (Å²) in [5.74, 6) is 0. The fourth-order valence-electron chi connectivity index (χ4n) is 4.89. The summed E-state index contributed by atoms with van der Waals surface area (Å²) in [7, 11) is 0. The lowest BCUT2D eigenvalue weighted by Gasteiger charge is -2.46. The molecule has 1 heterocycles. The lowest BCUT2D eigenvalue weighted by atomic mass is 9.81. The molecule has 0 aromatic heterocycles. The first-order valence-electron chi connectivity index (χ1n) is 12.7. The van der Waals surface area contributed by atoms with E-state index in [0.717, 1.165) is 58.5 Å². The molecule has 0 aliphatic carbocycles. The number of hydrogen-bond acceptors (Lipinski definition) is 6. The third kappa shape index (κ3) is 14.1. The molecule has 0 atom stereocenters. The molecule has 1 fully saturated rings. The van der Waals surface area contributed by atoms with E-state index in [-0.39, 0.29) is 22.2 Å². The van der Waals surface area contributed by atoms with Crippen molar-refractivity contribution in [3.8, 4) is 0 Å². The molecule has 1 saturated heterocycles. The Hall–Kier alpha value is -0.240. The average Bonchev–Trinajstić information content (AvgIpc) is 2.60. The van der Waals surface area contributed by atoms with Gasteiger partial charge in [0.25, 0.3) is 0 Å². The van der Waals surface area contributed by atoms with Gasteiger partial charge in [-0.25, -0.2) is 0 Å². The van der Waals surface area contributed by atoms with E-state index in [1.165, 1.54) is 0 Å². The van der Waals surface area contributed by atoms with Gasteiger partial charge in [0.05, 0.1) is 25.9 Å². The van der Waals surface area contributed by atoms with E-state index < -0.39 is 0 Å². The summed E-state index contributed by atoms with van der Waals surface area (Å²) in [6.45, 7) is 25.0. The summed E-state index contributed by atoms with van der Waals surface area (Å²) >= 11 is 0. The second-order valence-electron chi connectivity index (χ2n) is 12.1. The predicted octanol–water partition coefficient (Wildman–Crippen LogP) is 4.70. The molecule has 1 aliphatic rings. The van der Waals surface area contributed by atoms with Gasteiger partial charge in [-0.2, -0.15) is 0 Å². The highest BCUT2D eigenvalue weighted by molar-refractivity contribution is 4.97. The Morgan fingerprint density at radius 1 is 0.781 bits per heavy atom. The van der Waals surface area contributed by atoms with Crippen LogP contribution in [0.4, 0.5) is 0 Å². The Bertz CT molecular complexity index is 490. The van der Waals surface area contributed by atoms with Crippen LogP contribution < -0.4 is 10.6 Å². The van der Waals surface area contributed by atoms with Crippen LogP contribution in [0, 0.1) is 0 Å². The van der Waals surface area contributed by atoms with E-state index in [1.807, 2.05) is 0 Å². The molecule has 0 radical (unpaired) electrons. The van der Waals surface area contributed by atoms with Crippen LogP contribution in [0.3, 0.4) is 0 Å². The van der Waals surface area contributed by atoms with Crippen molar-refractivity contribution >= 4 is 0 Å². The number of nitrogens with one attached hydrogen (secondary N) is 2. The Morgan fingerprint density at radius 3 is 2.00 bits per heavy atom. The maximum atomic E-state index is 6.18. The molecular formula is C26H54N2O4. The van der Waals surface area contributed by atoms with Gasteiger partial charge in [-0.05, 0) is 87.5 Å². The number of ether oxygens (including phenoxy) is 4. The van der Waals surface area contributed by atoms with Gasteiger partial charge in [-0.1, -0.05) is 6.92 Å². The Balaban J connectivity index is 2.14. The second kappa shape index (κ2) is 13.6. The van der Waals surface area contributed by atoms with Crippen molar-refractivity contribution in [1.29, 1.82) is 0 Å². The van der Waals surface area contributed by atoms with Gasteiger partial charge in [-0.15, -0.1) is 0 Å². The van der Waals surface area contributed by atoms with E-state index in [9.17, 15) is 0 Å². The summed E-state index contributed by atoms with van der Waals surface area (Å²) in [6, 6.07) is 0. The lowest BCUT2D eigenvalue weighted by Crippen LogP contribution is -2.59. The monoisotopic (exact) mass is 458 g/mol. The number of piperidine rings is 1. The molecule has 6 nitrogen and oxygen atoms in total. The van der Waals surface area contributed by atoms with Crippen molar-refractivity contribution < 1.29 is 18.9 Å². The summed E-state index contributed by atoms with van der Waals surface area (Å²) < 4.78 is 23.4. The molecule has 0 bridgehead atoms. The Morgan fingerprint density at radius 2 is 1.38 bits per heavy atom. The molecule has 0 amide bonds. The van der Waals surface area contributed by atoms with Crippen molar-refractivity contribution in [3.05, 3.63) is 0 Å². The summed E-state index contributed by atoms with van der Waals surface area (Å²) in [4.78, 5) is 0. The zero-order valence-corrected chi connectivity index (χ0v) is 22.7. The maximum Gasteiger partial charge on any atom is 0.0701 e. The first-order chi connectivity index (χ1) is 14.8. The van der Waals surface area contributed by atoms with E-state index in [2.05, 4.69) is 72.9 Å². The van der Waals surface area contributed by atoms with E-state index in [4.69, 9.17) is 18.9 Å². The highest BCUT2D eigenvalue weighted by atomic mass is 16.5. The van der Waals surface area contributed by atoms with Crippen LogP contribution >= 0.6 is 0 Å². The smallest absolute Gasteiger partial charge is 0.0701 e. The number of rotatable bonds is 17. The Kier molecular flexibility index (Phi) is 12.7. The largest absolute Gasteiger partial charge is 0.381 e. The molecule has 0 aromatic rings. The van der Waals surface area contributed by atoms with Gasteiger partial charge >= 0.3 is 0 Å². The van der Waals surface area contributed by atoms with E-state index in [1.54, 1.807) is 0 Å². The molecule has 0 saturated carbocycles. The molecule has 2 N–H and O–H groups in total. The van der Waals surface area contributed by atoms with Gasteiger partial charge in [0.2, 0.25) is 0 Å². The summed E-state index contributed by atoms with van der Waals surface area (Å²) in [5, 5.41) is 7.43. The van der Waals surface area contributed by atoms with Gasteiger partial charge in [-0.3, -0.25) is 0 Å².